The van der Waals surface area contributed by atoms with Crippen molar-refractivity contribution in [3.8, 4) is 11.5 Å². The largest absolute Gasteiger partial charge is 0.507 e. The molecule has 1 spiro atoms. The summed E-state index contributed by atoms with van der Waals surface area (Å²) in [6.07, 6.45) is -0.969. The molecule has 2 aliphatic rings. The van der Waals surface area contributed by atoms with Crippen LogP contribution in [0.3, 0.4) is 0 Å². The van der Waals surface area contributed by atoms with Crippen molar-refractivity contribution in [2.24, 2.45) is 11.8 Å². The second-order valence-corrected chi connectivity index (χ2v) is 9.32. The number of phenols is 2. The Kier molecular flexibility index (Phi) is 7.29. The van der Waals surface area contributed by atoms with Crippen molar-refractivity contribution < 1.29 is 39.5 Å². The van der Waals surface area contributed by atoms with Gasteiger partial charge in [0, 0.05) is 12.3 Å². The number of ether oxygens (including phenoxy) is 2. The smallest absolute Gasteiger partial charge is 0.189 e. The van der Waals surface area contributed by atoms with E-state index in [0.29, 0.717) is 37.5 Å². The topological polar surface area (TPSA) is 137 Å². The third kappa shape index (κ3) is 4.17. The van der Waals surface area contributed by atoms with Gasteiger partial charge in [-0.15, -0.1) is 0 Å². The number of phenolic OH excluding ortho intramolecular Hbond substituents is 2. The lowest BCUT2D eigenvalue weighted by Crippen LogP contribution is -2.55. The number of rotatable bonds is 9. The summed E-state index contributed by atoms with van der Waals surface area (Å²) in [4.78, 5) is 25.1. The van der Waals surface area contributed by atoms with Gasteiger partial charge in [-0.25, -0.2) is 0 Å². The van der Waals surface area contributed by atoms with Crippen molar-refractivity contribution in [2.75, 3.05) is 0 Å². The van der Waals surface area contributed by atoms with E-state index in [-0.39, 0.29) is 35.3 Å². The SMILES string of the molecule is CCC[C@@H](C(=O)c1cc(CC(C)C)c(O)c(C=O)c1O)[C@H]1C[C@@H](O)C2(O[C@H]2CC)[C@H](O)O1. The highest BCUT2D eigenvalue weighted by Gasteiger charge is 2.68. The molecule has 8 nitrogen and oxygen atoms in total. The van der Waals surface area contributed by atoms with Gasteiger partial charge in [0.2, 0.25) is 0 Å². The zero-order chi connectivity index (χ0) is 23.8. The Labute approximate surface area is 188 Å². The molecule has 1 unspecified atom stereocenters. The van der Waals surface area contributed by atoms with Gasteiger partial charge in [-0.05, 0) is 36.8 Å². The molecule has 0 saturated carbocycles. The molecular formula is C24H34O8. The van der Waals surface area contributed by atoms with Crippen molar-refractivity contribution in [1.29, 1.82) is 0 Å². The zero-order valence-corrected chi connectivity index (χ0v) is 19.1. The number of aliphatic hydroxyl groups is 2. The van der Waals surface area contributed by atoms with Crippen molar-refractivity contribution in [2.45, 2.75) is 90.0 Å². The Balaban J connectivity index is 1.94. The summed E-state index contributed by atoms with van der Waals surface area (Å²) < 4.78 is 11.3. The quantitative estimate of drug-likeness (QED) is 0.256. The van der Waals surface area contributed by atoms with Crippen molar-refractivity contribution in [1.82, 2.24) is 0 Å². The molecule has 1 aromatic rings. The van der Waals surface area contributed by atoms with Crippen LogP contribution in [0.4, 0.5) is 0 Å². The molecule has 178 valence electrons. The minimum absolute atomic E-state index is 0.0685. The molecule has 4 N–H and O–H groups in total. The van der Waals surface area contributed by atoms with Gasteiger partial charge in [0.25, 0.3) is 0 Å². The van der Waals surface area contributed by atoms with E-state index in [0.717, 1.165) is 0 Å². The highest BCUT2D eigenvalue weighted by molar-refractivity contribution is 6.04. The Morgan fingerprint density at radius 2 is 1.94 bits per heavy atom. The molecule has 2 saturated heterocycles. The van der Waals surface area contributed by atoms with E-state index in [1.165, 1.54) is 6.07 Å². The standard InChI is InChI=1S/C24H34O8/c1-5-7-14(17-10-18(26)24(23(30)31-17)19(6-2)32-24)21(28)15-9-13(8-12(3)4)20(27)16(11-25)22(15)29/h9,11-12,14,17-19,23,26-27,29-30H,5-8,10H2,1-4H3/t14-,17-,18-,19+,23-,24?/m1/s1. The number of aldehydes is 1. The van der Waals surface area contributed by atoms with E-state index in [9.17, 15) is 30.0 Å². The monoisotopic (exact) mass is 450 g/mol. The summed E-state index contributed by atoms with van der Waals surface area (Å²) in [7, 11) is 0. The zero-order valence-electron chi connectivity index (χ0n) is 19.1. The van der Waals surface area contributed by atoms with Crippen LogP contribution in [0.25, 0.3) is 0 Å². The maximum atomic E-state index is 13.6. The Morgan fingerprint density at radius 1 is 1.25 bits per heavy atom. The van der Waals surface area contributed by atoms with Crippen LogP contribution in [0.1, 0.15) is 79.7 Å². The van der Waals surface area contributed by atoms with Crippen LogP contribution < -0.4 is 0 Å². The number of carbonyl (C=O) groups excluding carboxylic acids is 2. The molecule has 0 aromatic heterocycles. The molecule has 8 heteroatoms. The van der Waals surface area contributed by atoms with Crippen LogP contribution in [0, 0.1) is 11.8 Å². The van der Waals surface area contributed by atoms with Gasteiger partial charge in [-0.1, -0.05) is 34.1 Å². The molecule has 6 atom stereocenters. The molecule has 32 heavy (non-hydrogen) atoms. The summed E-state index contributed by atoms with van der Waals surface area (Å²) in [5.74, 6) is -1.97. The Morgan fingerprint density at radius 3 is 2.44 bits per heavy atom. The molecule has 0 aliphatic carbocycles. The summed E-state index contributed by atoms with van der Waals surface area (Å²) in [6.45, 7) is 7.66. The van der Waals surface area contributed by atoms with Crippen LogP contribution in [-0.2, 0) is 15.9 Å². The summed E-state index contributed by atoms with van der Waals surface area (Å²) in [5.41, 5.74) is -1.14. The van der Waals surface area contributed by atoms with Gasteiger partial charge < -0.3 is 29.9 Å². The molecule has 2 heterocycles. The first-order valence-electron chi connectivity index (χ1n) is 11.4. The van der Waals surface area contributed by atoms with E-state index < -0.39 is 41.5 Å². The summed E-state index contributed by atoms with van der Waals surface area (Å²) in [6, 6.07) is 1.43. The van der Waals surface area contributed by atoms with Crippen molar-refractivity contribution in [3.05, 3.63) is 22.8 Å². The van der Waals surface area contributed by atoms with Gasteiger partial charge in [0.1, 0.15) is 11.5 Å². The van der Waals surface area contributed by atoms with Gasteiger partial charge in [0.15, 0.2) is 24.0 Å². The molecule has 0 radical (unpaired) electrons. The van der Waals surface area contributed by atoms with Crippen LogP contribution in [0.5, 0.6) is 11.5 Å². The number of ketones is 1. The van der Waals surface area contributed by atoms with Gasteiger partial charge in [-0.3, -0.25) is 9.59 Å². The normalized spacial score (nSPS) is 30.5. The number of carbonyl (C=O) groups is 2. The fraction of sp³-hybridized carbons (Fsp3) is 0.667. The molecule has 1 aromatic carbocycles. The van der Waals surface area contributed by atoms with E-state index in [1.807, 2.05) is 27.7 Å². The van der Waals surface area contributed by atoms with E-state index >= 15 is 0 Å². The summed E-state index contributed by atoms with van der Waals surface area (Å²) in [5, 5.41) is 42.3. The van der Waals surface area contributed by atoms with Gasteiger partial charge in [-0.2, -0.15) is 0 Å². The van der Waals surface area contributed by atoms with E-state index in [1.54, 1.807) is 0 Å². The molecule has 3 rings (SSSR count). The predicted octanol–water partition coefficient (Wildman–Crippen LogP) is 2.72. The third-order valence-corrected chi connectivity index (χ3v) is 6.61. The Bertz CT molecular complexity index is 852. The lowest BCUT2D eigenvalue weighted by Gasteiger charge is -2.39. The number of hydrogen-bond donors (Lipinski definition) is 4. The first-order valence-corrected chi connectivity index (χ1v) is 11.4. The first kappa shape index (κ1) is 24.6. The average molecular weight is 451 g/mol. The number of Topliss-reactive ketones (excluding diaryl/α,β-unsaturated/α-hetero) is 1. The average Bonchev–Trinajstić information content (AvgIpc) is 3.48. The van der Waals surface area contributed by atoms with Crippen LogP contribution in [0.2, 0.25) is 0 Å². The number of hydrogen-bond acceptors (Lipinski definition) is 8. The highest BCUT2D eigenvalue weighted by Crippen LogP contribution is 2.50. The lowest BCUT2D eigenvalue weighted by atomic mass is 9.80. The van der Waals surface area contributed by atoms with Crippen molar-refractivity contribution in [3.63, 3.8) is 0 Å². The third-order valence-electron chi connectivity index (χ3n) is 6.61. The second-order valence-electron chi connectivity index (χ2n) is 9.32. The highest BCUT2D eigenvalue weighted by atomic mass is 16.7. The second kappa shape index (κ2) is 9.47. The van der Waals surface area contributed by atoms with Crippen LogP contribution in [0.15, 0.2) is 6.07 Å². The molecular weight excluding hydrogens is 416 g/mol. The predicted molar refractivity (Wildman–Crippen MR) is 116 cm³/mol. The lowest BCUT2D eigenvalue weighted by molar-refractivity contribution is -0.239. The minimum atomic E-state index is -1.37. The summed E-state index contributed by atoms with van der Waals surface area (Å²) >= 11 is 0. The first-order chi connectivity index (χ1) is 15.1. The van der Waals surface area contributed by atoms with Gasteiger partial charge >= 0.3 is 0 Å². The minimum Gasteiger partial charge on any atom is -0.507 e. The molecule has 2 aliphatic heterocycles. The van der Waals surface area contributed by atoms with Crippen LogP contribution >= 0.6 is 0 Å². The molecule has 0 amide bonds. The van der Waals surface area contributed by atoms with Gasteiger partial charge in [0.05, 0.1) is 29.4 Å². The number of benzene rings is 1. The van der Waals surface area contributed by atoms with E-state index in [2.05, 4.69) is 0 Å². The maximum absolute atomic E-state index is 13.6. The van der Waals surface area contributed by atoms with E-state index in [4.69, 9.17) is 9.47 Å². The molecule has 2 fully saturated rings. The number of epoxide rings is 1. The van der Waals surface area contributed by atoms with Crippen LogP contribution in [-0.4, -0.2) is 62.7 Å². The Hall–Kier alpha value is -2.00. The fourth-order valence-corrected chi connectivity index (χ4v) is 4.91. The number of aliphatic hydroxyl groups excluding tert-OH is 2. The number of aromatic hydroxyl groups is 2. The van der Waals surface area contributed by atoms with Crippen molar-refractivity contribution >= 4 is 12.1 Å². The fourth-order valence-electron chi connectivity index (χ4n) is 4.91. The molecule has 0 bridgehead atoms. The maximum Gasteiger partial charge on any atom is 0.189 e.